The highest BCUT2D eigenvalue weighted by atomic mass is 35.5. The van der Waals surface area contributed by atoms with Crippen LogP contribution in [0, 0.1) is 12.8 Å². The topological polar surface area (TPSA) is 32.3 Å². The summed E-state index contributed by atoms with van der Waals surface area (Å²) >= 11 is 6.04. The number of aryl methyl sites for hydroxylation is 1. The third-order valence-corrected chi connectivity index (χ3v) is 4.82. The lowest BCUT2D eigenvalue weighted by atomic mass is 9.96. The molecule has 0 bridgehead atoms. The zero-order valence-corrected chi connectivity index (χ0v) is 14.7. The van der Waals surface area contributed by atoms with Crippen LogP contribution in [0.5, 0.6) is 0 Å². The summed E-state index contributed by atoms with van der Waals surface area (Å²) < 4.78 is 0. The molecule has 126 valence electrons. The maximum absolute atomic E-state index is 12.6. The Bertz CT molecular complexity index is 702. The molecule has 1 N–H and O–H groups in total. The zero-order valence-electron chi connectivity index (χ0n) is 14.0. The van der Waals surface area contributed by atoms with Crippen LogP contribution < -0.4 is 5.32 Å². The van der Waals surface area contributed by atoms with Gasteiger partial charge in [0.2, 0.25) is 5.91 Å². The smallest absolute Gasteiger partial charge is 0.228 e. The minimum Gasteiger partial charge on any atom is -0.326 e. The number of hydrogen-bond donors (Lipinski definition) is 1. The molecule has 1 aliphatic rings. The number of benzene rings is 2. The van der Waals surface area contributed by atoms with Crippen molar-refractivity contribution in [3.05, 3.63) is 64.7 Å². The Morgan fingerprint density at radius 3 is 2.83 bits per heavy atom. The van der Waals surface area contributed by atoms with Gasteiger partial charge in [0.15, 0.2) is 0 Å². The largest absolute Gasteiger partial charge is 0.326 e. The van der Waals surface area contributed by atoms with Gasteiger partial charge in [-0.1, -0.05) is 48.0 Å². The van der Waals surface area contributed by atoms with Crippen LogP contribution in [0.25, 0.3) is 0 Å². The van der Waals surface area contributed by atoms with E-state index in [1.165, 1.54) is 5.56 Å². The van der Waals surface area contributed by atoms with Gasteiger partial charge in [-0.05, 0) is 49.6 Å². The number of nitrogens with one attached hydrogen (secondary N) is 1. The number of carbonyl (C=O) groups excluding carboxylic acids is 1. The normalized spacial score (nSPS) is 18.3. The van der Waals surface area contributed by atoms with Gasteiger partial charge in [0, 0.05) is 23.8 Å². The standard InChI is InChI=1S/C20H23ClN2O/c1-15-9-10-18(21)12-19(15)22-20(24)17-8-5-11-23(14-17)13-16-6-3-2-4-7-16/h2-4,6-7,9-10,12,17H,5,8,11,13-14H2,1H3,(H,22,24). The summed E-state index contributed by atoms with van der Waals surface area (Å²) in [6, 6.07) is 16.0. The van der Waals surface area contributed by atoms with Gasteiger partial charge in [0.1, 0.15) is 0 Å². The van der Waals surface area contributed by atoms with Gasteiger partial charge in [-0.15, -0.1) is 0 Å². The first-order valence-electron chi connectivity index (χ1n) is 8.45. The number of amides is 1. The summed E-state index contributed by atoms with van der Waals surface area (Å²) in [5, 5.41) is 3.70. The number of anilines is 1. The van der Waals surface area contributed by atoms with E-state index in [1.807, 2.05) is 31.2 Å². The van der Waals surface area contributed by atoms with Crippen LogP contribution in [-0.4, -0.2) is 23.9 Å². The molecule has 1 saturated heterocycles. The van der Waals surface area contributed by atoms with Crippen LogP contribution >= 0.6 is 11.6 Å². The molecule has 1 aliphatic heterocycles. The number of piperidine rings is 1. The van der Waals surface area contributed by atoms with Crippen LogP contribution in [0.2, 0.25) is 5.02 Å². The second-order valence-electron chi connectivity index (χ2n) is 6.51. The molecule has 2 aromatic carbocycles. The monoisotopic (exact) mass is 342 g/mol. The molecule has 1 amide bonds. The van der Waals surface area contributed by atoms with Crippen LogP contribution in [0.1, 0.15) is 24.0 Å². The van der Waals surface area contributed by atoms with E-state index < -0.39 is 0 Å². The molecular weight excluding hydrogens is 320 g/mol. The van der Waals surface area contributed by atoms with E-state index in [9.17, 15) is 4.79 Å². The second-order valence-corrected chi connectivity index (χ2v) is 6.94. The summed E-state index contributed by atoms with van der Waals surface area (Å²) in [4.78, 5) is 15.0. The summed E-state index contributed by atoms with van der Waals surface area (Å²) in [6.45, 7) is 4.74. The Labute approximate surface area is 148 Å². The van der Waals surface area contributed by atoms with E-state index in [2.05, 4.69) is 34.5 Å². The number of carbonyl (C=O) groups is 1. The Morgan fingerprint density at radius 2 is 2.04 bits per heavy atom. The highest BCUT2D eigenvalue weighted by molar-refractivity contribution is 6.31. The van der Waals surface area contributed by atoms with Crippen molar-refractivity contribution in [2.75, 3.05) is 18.4 Å². The lowest BCUT2D eigenvalue weighted by molar-refractivity contribution is -0.121. The lowest BCUT2D eigenvalue weighted by Crippen LogP contribution is -2.40. The van der Waals surface area contributed by atoms with Gasteiger partial charge in [-0.3, -0.25) is 9.69 Å². The molecule has 4 heteroatoms. The maximum atomic E-state index is 12.6. The highest BCUT2D eigenvalue weighted by Gasteiger charge is 2.26. The van der Waals surface area contributed by atoms with Gasteiger partial charge < -0.3 is 5.32 Å². The molecule has 1 unspecified atom stereocenters. The lowest BCUT2D eigenvalue weighted by Gasteiger charge is -2.32. The van der Waals surface area contributed by atoms with E-state index >= 15 is 0 Å². The summed E-state index contributed by atoms with van der Waals surface area (Å²) in [7, 11) is 0. The van der Waals surface area contributed by atoms with Gasteiger partial charge in [0.05, 0.1) is 5.92 Å². The fraction of sp³-hybridized carbons (Fsp3) is 0.350. The van der Waals surface area contributed by atoms with Crippen molar-refractivity contribution in [1.82, 2.24) is 4.90 Å². The first-order chi connectivity index (χ1) is 11.6. The molecule has 0 aromatic heterocycles. The van der Waals surface area contributed by atoms with Crippen molar-refractivity contribution in [3.8, 4) is 0 Å². The van der Waals surface area contributed by atoms with Crippen molar-refractivity contribution >= 4 is 23.2 Å². The molecule has 24 heavy (non-hydrogen) atoms. The highest BCUT2D eigenvalue weighted by Crippen LogP contribution is 2.24. The average molecular weight is 343 g/mol. The fourth-order valence-electron chi connectivity index (χ4n) is 3.22. The van der Waals surface area contributed by atoms with E-state index in [1.54, 1.807) is 0 Å². The first-order valence-corrected chi connectivity index (χ1v) is 8.83. The van der Waals surface area contributed by atoms with Gasteiger partial charge in [-0.2, -0.15) is 0 Å². The van der Waals surface area contributed by atoms with E-state index in [-0.39, 0.29) is 11.8 Å². The Balaban J connectivity index is 1.61. The third kappa shape index (κ3) is 4.37. The van der Waals surface area contributed by atoms with Crippen LogP contribution in [0.4, 0.5) is 5.69 Å². The predicted molar refractivity (Wildman–Crippen MR) is 99.3 cm³/mol. The number of hydrogen-bond acceptors (Lipinski definition) is 2. The average Bonchev–Trinajstić information content (AvgIpc) is 2.59. The van der Waals surface area contributed by atoms with Crippen molar-refractivity contribution in [2.45, 2.75) is 26.3 Å². The fourth-order valence-corrected chi connectivity index (χ4v) is 3.39. The molecule has 1 heterocycles. The minimum absolute atomic E-state index is 0.0286. The van der Waals surface area contributed by atoms with Crippen molar-refractivity contribution in [2.24, 2.45) is 5.92 Å². The van der Waals surface area contributed by atoms with E-state index in [0.717, 1.165) is 43.7 Å². The summed E-state index contributed by atoms with van der Waals surface area (Å²) in [5.74, 6) is 0.124. The Kier molecular flexibility index (Phi) is 5.54. The molecule has 0 saturated carbocycles. The number of nitrogens with zero attached hydrogens (tertiary/aromatic N) is 1. The third-order valence-electron chi connectivity index (χ3n) is 4.58. The molecule has 3 rings (SSSR count). The zero-order chi connectivity index (χ0) is 16.9. The van der Waals surface area contributed by atoms with Crippen LogP contribution in [-0.2, 0) is 11.3 Å². The molecule has 2 aromatic rings. The number of rotatable bonds is 4. The van der Waals surface area contributed by atoms with Gasteiger partial charge in [0.25, 0.3) is 0 Å². The van der Waals surface area contributed by atoms with Gasteiger partial charge >= 0.3 is 0 Å². The summed E-state index contributed by atoms with van der Waals surface area (Å²) in [5.41, 5.74) is 3.14. The molecule has 0 spiro atoms. The molecule has 3 nitrogen and oxygen atoms in total. The molecule has 1 atom stereocenters. The molecule has 1 fully saturated rings. The second kappa shape index (κ2) is 7.82. The van der Waals surface area contributed by atoms with E-state index in [4.69, 9.17) is 11.6 Å². The number of likely N-dealkylation sites (tertiary alicyclic amines) is 1. The Morgan fingerprint density at radius 1 is 1.25 bits per heavy atom. The molecular formula is C20H23ClN2O. The van der Waals surface area contributed by atoms with Crippen LogP contribution in [0.3, 0.4) is 0 Å². The minimum atomic E-state index is 0.0286. The van der Waals surface area contributed by atoms with Crippen molar-refractivity contribution in [3.63, 3.8) is 0 Å². The molecule has 0 radical (unpaired) electrons. The maximum Gasteiger partial charge on any atom is 0.228 e. The quantitative estimate of drug-likeness (QED) is 0.887. The number of halogens is 1. The summed E-state index contributed by atoms with van der Waals surface area (Å²) in [6.07, 6.45) is 2.00. The van der Waals surface area contributed by atoms with Gasteiger partial charge in [-0.25, -0.2) is 0 Å². The van der Waals surface area contributed by atoms with Crippen molar-refractivity contribution in [1.29, 1.82) is 0 Å². The SMILES string of the molecule is Cc1ccc(Cl)cc1NC(=O)C1CCCN(Cc2ccccc2)C1. The first kappa shape index (κ1) is 17.0. The Hall–Kier alpha value is -1.84. The van der Waals surface area contributed by atoms with Crippen molar-refractivity contribution < 1.29 is 4.79 Å². The van der Waals surface area contributed by atoms with E-state index in [0.29, 0.717) is 5.02 Å². The predicted octanol–water partition coefficient (Wildman–Crippen LogP) is 4.50. The molecule has 0 aliphatic carbocycles. The van der Waals surface area contributed by atoms with Crippen LogP contribution in [0.15, 0.2) is 48.5 Å².